The van der Waals surface area contributed by atoms with Gasteiger partial charge in [-0.2, -0.15) is 0 Å². The molecule has 112 valence electrons. The van der Waals surface area contributed by atoms with Gasteiger partial charge in [0, 0.05) is 10.8 Å². The quantitative estimate of drug-likeness (QED) is 0.908. The van der Waals surface area contributed by atoms with Gasteiger partial charge in [-0.25, -0.2) is 4.98 Å². The Morgan fingerprint density at radius 1 is 1.29 bits per heavy atom. The highest BCUT2D eigenvalue weighted by Gasteiger charge is 2.21. The number of amides is 2. The van der Waals surface area contributed by atoms with E-state index in [0.717, 1.165) is 10.6 Å². The number of carbonyl (C=O) groups excluding carboxylic acids is 2. The fraction of sp³-hybridized carbons (Fsp3) is 0.357. The number of aromatic nitrogens is 1. The van der Waals surface area contributed by atoms with Gasteiger partial charge in [0.25, 0.3) is 0 Å². The topological polar surface area (TPSA) is 71.1 Å². The second-order valence-electron chi connectivity index (χ2n) is 5.50. The van der Waals surface area contributed by atoms with Crippen molar-refractivity contribution in [2.45, 2.75) is 20.8 Å². The molecule has 0 bridgehead atoms. The van der Waals surface area contributed by atoms with Crippen LogP contribution in [0.2, 0.25) is 0 Å². The average Bonchev–Trinajstić information content (AvgIpc) is 3.04. The lowest BCUT2D eigenvalue weighted by Crippen LogP contribution is -2.39. The molecule has 0 aliphatic rings. The van der Waals surface area contributed by atoms with Crippen LogP contribution in [-0.2, 0) is 9.59 Å². The second kappa shape index (κ2) is 6.36. The maximum atomic E-state index is 11.8. The lowest BCUT2D eigenvalue weighted by Gasteiger charge is -2.17. The van der Waals surface area contributed by atoms with E-state index in [2.05, 4.69) is 15.6 Å². The van der Waals surface area contributed by atoms with Crippen LogP contribution >= 0.6 is 22.7 Å². The van der Waals surface area contributed by atoms with Gasteiger partial charge in [-0.05, 0) is 11.4 Å². The third-order valence-electron chi connectivity index (χ3n) is 2.61. The molecule has 5 nitrogen and oxygen atoms in total. The number of hydrogen-bond donors (Lipinski definition) is 2. The van der Waals surface area contributed by atoms with Gasteiger partial charge in [-0.3, -0.25) is 9.59 Å². The van der Waals surface area contributed by atoms with Crippen LogP contribution in [0.3, 0.4) is 0 Å². The van der Waals surface area contributed by atoms with Crippen LogP contribution in [0.5, 0.6) is 0 Å². The summed E-state index contributed by atoms with van der Waals surface area (Å²) in [7, 11) is 0. The van der Waals surface area contributed by atoms with Crippen LogP contribution in [0.1, 0.15) is 20.8 Å². The molecule has 2 heterocycles. The van der Waals surface area contributed by atoms with E-state index >= 15 is 0 Å². The van der Waals surface area contributed by atoms with Crippen molar-refractivity contribution in [2.75, 3.05) is 11.9 Å². The molecule has 0 fully saturated rings. The molecule has 21 heavy (non-hydrogen) atoms. The van der Waals surface area contributed by atoms with Crippen LogP contribution in [0.15, 0.2) is 22.9 Å². The summed E-state index contributed by atoms with van der Waals surface area (Å²) in [6, 6.07) is 3.94. The normalized spacial score (nSPS) is 11.2. The van der Waals surface area contributed by atoms with E-state index in [-0.39, 0.29) is 18.4 Å². The molecule has 0 saturated carbocycles. The molecular weight excluding hydrogens is 306 g/mol. The molecular formula is C14H17N3O2S2. The van der Waals surface area contributed by atoms with E-state index in [1.165, 1.54) is 11.3 Å². The zero-order valence-electron chi connectivity index (χ0n) is 12.1. The summed E-state index contributed by atoms with van der Waals surface area (Å²) in [5, 5.41) is 9.71. The van der Waals surface area contributed by atoms with Crippen molar-refractivity contribution in [3.05, 3.63) is 22.9 Å². The Morgan fingerprint density at radius 3 is 2.67 bits per heavy atom. The van der Waals surface area contributed by atoms with E-state index in [9.17, 15) is 9.59 Å². The Hall–Kier alpha value is -1.73. The Kier molecular flexibility index (Phi) is 4.74. The van der Waals surface area contributed by atoms with Crippen LogP contribution < -0.4 is 10.6 Å². The van der Waals surface area contributed by atoms with Gasteiger partial charge < -0.3 is 10.6 Å². The first-order chi connectivity index (χ1) is 9.86. The highest BCUT2D eigenvalue weighted by Crippen LogP contribution is 2.28. The van der Waals surface area contributed by atoms with Crippen molar-refractivity contribution >= 4 is 39.6 Å². The zero-order chi connectivity index (χ0) is 15.5. The summed E-state index contributed by atoms with van der Waals surface area (Å²) in [6.45, 7) is 5.35. The number of hydrogen-bond acceptors (Lipinski definition) is 5. The second-order valence-corrected chi connectivity index (χ2v) is 7.30. The lowest BCUT2D eigenvalue weighted by atomic mass is 9.96. The van der Waals surface area contributed by atoms with Crippen LogP contribution in [0.25, 0.3) is 10.6 Å². The van der Waals surface area contributed by atoms with Crippen molar-refractivity contribution < 1.29 is 9.59 Å². The molecule has 2 aromatic rings. The Balaban J connectivity index is 1.88. The first-order valence-electron chi connectivity index (χ1n) is 6.44. The van der Waals surface area contributed by atoms with Gasteiger partial charge in [0.1, 0.15) is 0 Å². The number of carbonyl (C=O) groups is 2. The molecule has 2 amide bonds. The maximum absolute atomic E-state index is 11.8. The van der Waals surface area contributed by atoms with E-state index in [4.69, 9.17) is 0 Å². The van der Waals surface area contributed by atoms with Crippen molar-refractivity contribution in [3.8, 4) is 10.6 Å². The van der Waals surface area contributed by atoms with Crippen molar-refractivity contribution in [1.82, 2.24) is 10.3 Å². The zero-order valence-corrected chi connectivity index (χ0v) is 13.7. The number of thiazole rings is 1. The molecule has 2 N–H and O–H groups in total. The largest absolute Gasteiger partial charge is 0.347 e. The molecule has 0 saturated heterocycles. The first-order valence-corrected chi connectivity index (χ1v) is 8.20. The van der Waals surface area contributed by atoms with E-state index in [0.29, 0.717) is 5.13 Å². The summed E-state index contributed by atoms with van der Waals surface area (Å²) in [5.41, 5.74) is 0.345. The minimum absolute atomic E-state index is 0.0516. The van der Waals surface area contributed by atoms with Crippen LogP contribution in [-0.4, -0.2) is 23.3 Å². The van der Waals surface area contributed by atoms with Crippen molar-refractivity contribution in [1.29, 1.82) is 0 Å². The SMILES string of the molecule is CC(C)(C)C(=O)NCC(=O)Nc1nc(-c2cccs2)cs1. The van der Waals surface area contributed by atoms with E-state index in [1.807, 2.05) is 22.9 Å². The summed E-state index contributed by atoms with van der Waals surface area (Å²) in [6.07, 6.45) is 0. The average molecular weight is 323 g/mol. The highest BCUT2D eigenvalue weighted by molar-refractivity contribution is 7.16. The minimum Gasteiger partial charge on any atom is -0.347 e. The minimum atomic E-state index is -0.506. The summed E-state index contributed by atoms with van der Waals surface area (Å²) in [4.78, 5) is 28.9. The number of nitrogens with zero attached hydrogens (tertiary/aromatic N) is 1. The highest BCUT2D eigenvalue weighted by atomic mass is 32.1. The smallest absolute Gasteiger partial charge is 0.245 e. The molecule has 0 unspecified atom stereocenters. The predicted molar refractivity (Wildman–Crippen MR) is 86.5 cm³/mol. The Labute approximate surface area is 131 Å². The third kappa shape index (κ3) is 4.37. The summed E-state index contributed by atoms with van der Waals surface area (Å²) in [5.74, 6) is -0.434. The molecule has 0 aromatic carbocycles. The maximum Gasteiger partial charge on any atom is 0.245 e. The monoisotopic (exact) mass is 323 g/mol. The first kappa shape index (κ1) is 15.7. The number of thiophene rings is 1. The number of nitrogens with one attached hydrogen (secondary N) is 2. The molecule has 2 rings (SSSR count). The summed E-state index contributed by atoms with van der Waals surface area (Å²) < 4.78 is 0. The molecule has 0 spiro atoms. The molecule has 0 aliphatic heterocycles. The van der Waals surface area contributed by atoms with Gasteiger partial charge in [0.05, 0.1) is 17.1 Å². The fourth-order valence-corrected chi connectivity index (χ4v) is 2.95. The number of anilines is 1. The third-order valence-corrected chi connectivity index (χ3v) is 4.26. The number of rotatable bonds is 4. The predicted octanol–water partition coefficient (Wildman–Crippen LogP) is 2.97. The van der Waals surface area contributed by atoms with E-state index < -0.39 is 5.41 Å². The Bertz CT molecular complexity index is 627. The van der Waals surface area contributed by atoms with Crippen LogP contribution in [0, 0.1) is 5.41 Å². The van der Waals surface area contributed by atoms with Gasteiger partial charge in [0.2, 0.25) is 11.8 Å². The van der Waals surface area contributed by atoms with Gasteiger partial charge in [-0.15, -0.1) is 22.7 Å². The summed E-state index contributed by atoms with van der Waals surface area (Å²) >= 11 is 2.97. The van der Waals surface area contributed by atoms with E-state index in [1.54, 1.807) is 32.1 Å². The molecule has 2 aromatic heterocycles. The lowest BCUT2D eigenvalue weighted by molar-refractivity contribution is -0.130. The van der Waals surface area contributed by atoms with Gasteiger partial charge in [-0.1, -0.05) is 26.8 Å². The fourth-order valence-electron chi connectivity index (χ4n) is 1.46. The van der Waals surface area contributed by atoms with Crippen molar-refractivity contribution in [2.24, 2.45) is 5.41 Å². The van der Waals surface area contributed by atoms with Crippen LogP contribution in [0.4, 0.5) is 5.13 Å². The molecule has 7 heteroatoms. The molecule has 0 radical (unpaired) electrons. The van der Waals surface area contributed by atoms with Gasteiger partial charge >= 0.3 is 0 Å². The standard InChI is InChI=1S/C14H17N3O2S2/c1-14(2,3)12(19)15-7-11(18)17-13-16-9(8-21-13)10-5-4-6-20-10/h4-6,8H,7H2,1-3H3,(H,15,19)(H,16,17,18). The van der Waals surface area contributed by atoms with Crippen molar-refractivity contribution in [3.63, 3.8) is 0 Å². The molecule has 0 aliphatic carbocycles. The molecule has 0 atom stereocenters. The van der Waals surface area contributed by atoms with Gasteiger partial charge in [0.15, 0.2) is 5.13 Å². The Morgan fingerprint density at radius 2 is 2.05 bits per heavy atom.